The highest BCUT2D eigenvalue weighted by Crippen LogP contribution is 2.33. The first-order chi connectivity index (χ1) is 7.74. The summed E-state index contributed by atoms with van der Waals surface area (Å²) in [6, 6.07) is 0. The normalized spacial score (nSPS) is 21.9. The fourth-order valence-corrected chi connectivity index (χ4v) is 1.98. The molecule has 2 aliphatic rings. The van der Waals surface area contributed by atoms with E-state index in [0.717, 1.165) is 24.9 Å². The first kappa shape index (κ1) is 11.9. The van der Waals surface area contributed by atoms with Crippen LogP contribution in [0.2, 0.25) is 0 Å². The van der Waals surface area contributed by atoms with E-state index in [4.69, 9.17) is 10.5 Å². The molecule has 0 spiro atoms. The lowest BCUT2D eigenvalue weighted by Gasteiger charge is -2.26. The molecule has 2 rings (SSSR count). The van der Waals surface area contributed by atoms with E-state index < -0.39 is 6.10 Å². The molecule has 2 aliphatic carbocycles. The number of hydrogen-bond donors (Lipinski definition) is 1. The molecule has 92 valence electrons. The zero-order valence-corrected chi connectivity index (χ0v) is 10.0. The molecular formula is C12H22N2O2. The summed E-state index contributed by atoms with van der Waals surface area (Å²) in [6.07, 6.45) is 4.64. The van der Waals surface area contributed by atoms with Crippen LogP contribution in [0.3, 0.4) is 0 Å². The molecule has 0 bridgehead atoms. The van der Waals surface area contributed by atoms with Gasteiger partial charge in [0.1, 0.15) is 6.10 Å². The lowest BCUT2D eigenvalue weighted by molar-refractivity contribution is -0.141. The predicted molar refractivity (Wildman–Crippen MR) is 61.9 cm³/mol. The molecule has 2 fully saturated rings. The molecule has 4 heteroatoms. The van der Waals surface area contributed by atoms with E-state index >= 15 is 0 Å². The third-order valence-corrected chi connectivity index (χ3v) is 3.44. The van der Waals surface area contributed by atoms with Crippen molar-refractivity contribution >= 4 is 5.91 Å². The van der Waals surface area contributed by atoms with Gasteiger partial charge in [-0.15, -0.1) is 0 Å². The molecule has 0 aromatic carbocycles. The second kappa shape index (κ2) is 5.15. The highest BCUT2D eigenvalue weighted by molar-refractivity contribution is 5.81. The number of rotatable bonds is 7. The average Bonchev–Trinajstić information content (AvgIpc) is 3.13. The quantitative estimate of drug-likeness (QED) is 0.692. The largest absolute Gasteiger partial charge is 0.370 e. The second-order valence-electron chi connectivity index (χ2n) is 5.09. The summed E-state index contributed by atoms with van der Waals surface area (Å²) in [7, 11) is 1.56. The molecule has 16 heavy (non-hydrogen) atoms. The van der Waals surface area contributed by atoms with Crippen molar-refractivity contribution in [1.29, 1.82) is 0 Å². The number of methoxy groups -OCH3 is 1. The number of carbonyl (C=O) groups is 1. The van der Waals surface area contributed by atoms with Crippen LogP contribution >= 0.6 is 0 Å². The van der Waals surface area contributed by atoms with Crippen molar-refractivity contribution in [3.8, 4) is 0 Å². The Morgan fingerprint density at radius 2 is 1.81 bits per heavy atom. The van der Waals surface area contributed by atoms with Crippen molar-refractivity contribution in [2.45, 2.75) is 31.8 Å². The topological polar surface area (TPSA) is 55.6 Å². The summed E-state index contributed by atoms with van der Waals surface area (Å²) in [6.45, 7) is 2.10. The van der Waals surface area contributed by atoms with Crippen molar-refractivity contribution in [2.75, 3.05) is 26.7 Å². The predicted octanol–water partition coefficient (Wildman–Crippen LogP) is 0.609. The van der Waals surface area contributed by atoms with Crippen LogP contribution in [-0.4, -0.2) is 43.7 Å². The minimum absolute atomic E-state index is 0.0869. The van der Waals surface area contributed by atoms with Crippen LogP contribution in [0.25, 0.3) is 0 Å². The molecule has 0 aromatic heterocycles. The maximum absolute atomic E-state index is 12.2. The summed E-state index contributed by atoms with van der Waals surface area (Å²) in [5.41, 5.74) is 5.54. The van der Waals surface area contributed by atoms with Crippen LogP contribution in [0.5, 0.6) is 0 Å². The van der Waals surface area contributed by atoms with Crippen LogP contribution in [0.1, 0.15) is 25.7 Å². The number of hydrogen-bond acceptors (Lipinski definition) is 3. The fourth-order valence-electron chi connectivity index (χ4n) is 1.98. The van der Waals surface area contributed by atoms with Gasteiger partial charge in [-0.05, 0) is 37.5 Å². The molecule has 0 aromatic rings. The van der Waals surface area contributed by atoms with Crippen LogP contribution < -0.4 is 5.73 Å². The van der Waals surface area contributed by atoms with Gasteiger partial charge in [-0.3, -0.25) is 4.79 Å². The van der Waals surface area contributed by atoms with Gasteiger partial charge in [0.2, 0.25) is 0 Å². The minimum atomic E-state index is -0.447. The van der Waals surface area contributed by atoms with E-state index in [0.29, 0.717) is 0 Å². The lowest BCUT2D eigenvalue weighted by Crippen LogP contribution is -2.45. The van der Waals surface area contributed by atoms with Gasteiger partial charge < -0.3 is 15.4 Å². The van der Waals surface area contributed by atoms with Crippen LogP contribution in [0.4, 0.5) is 0 Å². The van der Waals surface area contributed by atoms with Gasteiger partial charge in [-0.25, -0.2) is 0 Å². The molecule has 4 nitrogen and oxygen atoms in total. The summed E-state index contributed by atoms with van der Waals surface area (Å²) >= 11 is 0. The lowest BCUT2D eigenvalue weighted by atomic mass is 10.2. The van der Waals surface area contributed by atoms with Crippen molar-refractivity contribution in [3.63, 3.8) is 0 Å². The van der Waals surface area contributed by atoms with E-state index in [2.05, 4.69) is 0 Å². The van der Waals surface area contributed by atoms with Gasteiger partial charge in [0.25, 0.3) is 5.91 Å². The van der Waals surface area contributed by atoms with Crippen LogP contribution in [0, 0.1) is 11.8 Å². The Balaban J connectivity index is 1.88. The number of carbonyl (C=O) groups excluding carboxylic acids is 1. The Bertz CT molecular complexity index is 231. The summed E-state index contributed by atoms with van der Waals surface area (Å²) in [5.74, 6) is 1.56. The van der Waals surface area contributed by atoms with Crippen LogP contribution in [-0.2, 0) is 9.53 Å². The Morgan fingerprint density at radius 3 is 2.12 bits per heavy atom. The SMILES string of the molecule is COC(CN)C(=O)N(CC1CC1)CC1CC1. The number of ether oxygens (including phenoxy) is 1. The van der Waals surface area contributed by atoms with E-state index in [1.165, 1.54) is 25.7 Å². The Labute approximate surface area is 97.1 Å². The molecule has 1 atom stereocenters. The summed E-state index contributed by atoms with van der Waals surface area (Å²) < 4.78 is 5.13. The van der Waals surface area contributed by atoms with E-state index in [1.807, 2.05) is 4.90 Å². The first-order valence-corrected chi connectivity index (χ1v) is 6.26. The van der Waals surface area contributed by atoms with Gasteiger partial charge in [-0.2, -0.15) is 0 Å². The Hall–Kier alpha value is -0.610. The molecular weight excluding hydrogens is 204 g/mol. The van der Waals surface area contributed by atoms with Gasteiger partial charge in [0.05, 0.1) is 0 Å². The standard InChI is InChI=1S/C12H22N2O2/c1-16-11(6-13)12(15)14(7-9-2-3-9)8-10-4-5-10/h9-11H,2-8,13H2,1H3. The number of nitrogens with two attached hydrogens (primary N) is 1. The molecule has 0 heterocycles. The molecule has 1 amide bonds. The smallest absolute Gasteiger partial charge is 0.253 e. The van der Waals surface area contributed by atoms with Gasteiger partial charge >= 0.3 is 0 Å². The van der Waals surface area contributed by atoms with E-state index in [1.54, 1.807) is 7.11 Å². The third kappa shape index (κ3) is 3.19. The van der Waals surface area contributed by atoms with Crippen LogP contribution in [0.15, 0.2) is 0 Å². The number of amides is 1. The molecule has 0 aliphatic heterocycles. The van der Waals surface area contributed by atoms with Gasteiger partial charge in [0, 0.05) is 26.7 Å². The third-order valence-electron chi connectivity index (χ3n) is 3.44. The summed E-state index contributed by atoms with van der Waals surface area (Å²) in [4.78, 5) is 14.1. The summed E-state index contributed by atoms with van der Waals surface area (Å²) in [5, 5.41) is 0. The maximum atomic E-state index is 12.2. The monoisotopic (exact) mass is 226 g/mol. The van der Waals surface area contributed by atoms with Gasteiger partial charge in [0.15, 0.2) is 0 Å². The fraction of sp³-hybridized carbons (Fsp3) is 0.917. The molecule has 2 saturated carbocycles. The minimum Gasteiger partial charge on any atom is -0.370 e. The van der Waals surface area contributed by atoms with E-state index in [-0.39, 0.29) is 12.5 Å². The first-order valence-electron chi connectivity index (χ1n) is 6.26. The van der Waals surface area contributed by atoms with Crippen molar-refractivity contribution in [1.82, 2.24) is 4.90 Å². The van der Waals surface area contributed by atoms with Crippen molar-refractivity contribution in [3.05, 3.63) is 0 Å². The molecule has 2 N–H and O–H groups in total. The highest BCUT2D eigenvalue weighted by atomic mass is 16.5. The molecule has 1 unspecified atom stereocenters. The Morgan fingerprint density at radius 1 is 1.31 bits per heavy atom. The zero-order chi connectivity index (χ0) is 11.5. The highest BCUT2D eigenvalue weighted by Gasteiger charge is 2.33. The van der Waals surface area contributed by atoms with Gasteiger partial charge in [-0.1, -0.05) is 0 Å². The van der Waals surface area contributed by atoms with E-state index in [9.17, 15) is 4.79 Å². The Kier molecular flexibility index (Phi) is 3.82. The van der Waals surface area contributed by atoms with Crippen molar-refractivity contribution in [2.24, 2.45) is 17.6 Å². The van der Waals surface area contributed by atoms with Crippen molar-refractivity contribution < 1.29 is 9.53 Å². The molecule has 0 radical (unpaired) electrons. The zero-order valence-electron chi connectivity index (χ0n) is 10.0. The second-order valence-corrected chi connectivity index (χ2v) is 5.09. The average molecular weight is 226 g/mol. The maximum Gasteiger partial charge on any atom is 0.253 e. The number of nitrogens with zero attached hydrogens (tertiary/aromatic N) is 1. The molecule has 0 saturated heterocycles.